The molecule has 1 saturated heterocycles. The number of aliphatic imine (C=N–C) groups is 1. The maximum atomic E-state index is 11.6. The van der Waals surface area contributed by atoms with Gasteiger partial charge in [0, 0.05) is 43.0 Å². The van der Waals surface area contributed by atoms with E-state index >= 15 is 0 Å². The SMILES string of the molecule is CCNC(=NCC(C)(C)c1cccc(Cl)c1)NCCCN1CCCC1=O. The molecule has 0 saturated carbocycles. The van der Waals surface area contributed by atoms with Gasteiger partial charge in [0.25, 0.3) is 0 Å². The highest BCUT2D eigenvalue weighted by Gasteiger charge is 2.21. The normalized spacial score (nSPS) is 15.5. The van der Waals surface area contributed by atoms with Crippen molar-refractivity contribution in [2.45, 2.75) is 45.4 Å². The molecule has 6 heteroatoms. The highest BCUT2D eigenvalue weighted by Crippen LogP contribution is 2.25. The average molecular weight is 379 g/mol. The van der Waals surface area contributed by atoms with Gasteiger partial charge in [0.05, 0.1) is 6.54 Å². The van der Waals surface area contributed by atoms with Gasteiger partial charge in [0.2, 0.25) is 5.91 Å². The van der Waals surface area contributed by atoms with Crippen molar-refractivity contribution in [1.29, 1.82) is 0 Å². The van der Waals surface area contributed by atoms with Crippen molar-refractivity contribution in [1.82, 2.24) is 15.5 Å². The molecule has 144 valence electrons. The van der Waals surface area contributed by atoms with E-state index in [0.717, 1.165) is 50.0 Å². The second kappa shape index (κ2) is 9.81. The van der Waals surface area contributed by atoms with E-state index in [2.05, 4.69) is 37.5 Å². The van der Waals surface area contributed by atoms with E-state index in [0.29, 0.717) is 13.0 Å². The summed E-state index contributed by atoms with van der Waals surface area (Å²) in [6, 6.07) is 7.96. The maximum Gasteiger partial charge on any atom is 0.222 e. The van der Waals surface area contributed by atoms with Crippen molar-refractivity contribution >= 4 is 23.5 Å². The van der Waals surface area contributed by atoms with Crippen molar-refractivity contribution < 1.29 is 4.79 Å². The number of carbonyl (C=O) groups is 1. The fourth-order valence-electron chi connectivity index (χ4n) is 3.04. The van der Waals surface area contributed by atoms with Gasteiger partial charge < -0.3 is 15.5 Å². The summed E-state index contributed by atoms with van der Waals surface area (Å²) in [4.78, 5) is 18.3. The molecule has 1 heterocycles. The minimum atomic E-state index is -0.102. The number of nitrogens with zero attached hydrogens (tertiary/aromatic N) is 2. The summed E-state index contributed by atoms with van der Waals surface area (Å²) in [5.74, 6) is 1.10. The van der Waals surface area contributed by atoms with Gasteiger partial charge in [0.15, 0.2) is 5.96 Å². The molecule has 1 aliphatic heterocycles. The molecule has 1 aliphatic rings. The maximum absolute atomic E-state index is 11.6. The first-order chi connectivity index (χ1) is 12.4. The summed E-state index contributed by atoms with van der Waals surface area (Å²) in [5, 5.41) is 7.41. The predicted octanol–water partition coefficient (Wildman–Crippen LogP) is 3.19. The molecule has 1 aromatic rings. The summed E-state index contributed by atoms with van der Waals surface area (Å²) in [6.45, 7) is 10.4. The van der Waals surface area contributed by atoms with Crippen LogP contribution in [0.4, 0.5) is 0 Å². The first-order valence-corrected chi connectivity index (χ1v) is 9.86. The minimum absolute atomic E-state index is 0.102. The monoisotopic (exact) mass is 378 g/mol. The first-order valence-electron chi connectivity index (χ1n) is 9.48. The fourth-order valence-corrected chi connectivity index (χ4v) is 3.23. The number of amides is 1. The van der Waals surface area contributed by atoms with E-state index < -0.39 is 0 Å². The number of hydrogen-bond acceptors (Lipinski definition) is 2. The van der Waals surface area contributed by atoms with E-state index in [4.69, 9.17) is 16.6 Å². The predicted molar refractivity (Wildman–Crippen MR) is 109 cm³/mol. The third-order valence-corrected chi connectivity index (χ3v) is 4.89. The van der Waals surface area contributed by atoms with Crippen LogP contribution in [0.3, 0.4) is 0 Å². The highest BCUT2D eigenvalue weighted by molar-refractivity contribution is 6.30. The van der Waals surface area contributed by atoms with Crippen LogP contribution >= 0.6 is 11.6 Å². The number of nitrogens with one attached hydrogen (secondary N) is 2. The quantitative estimate of drug-likeness (QED) is 0.415. The zero-order valence-electron chi connectivity index (χ0n) is 16.1. The Bertz CT molecular complexity index is 630. The lowest BCUT2D eigenvalue weighted by atomic mass is 9.85. The third kappa shape index (κ3) is 6.20. The Labute approximate surface area is 162 Å². The Kier molecular flexibility index (Phi) is 7.76. The van der Waals surface area contributed by atoms with Gasteiger partial charge in [-0.3, -0.25) is 9.79 Å². The van der Waals surface area contributed by atoms with Crippen molar-refractivity contribution in [2.24, 2.45) is 4.99 Å². The third-order valence-electron chi connectivity index (χ3n) is 4.65. The van der Waals surface area contributed by atoms with Crippen LogP contribution in [0.1, 0.15) is 45.6 Å². The molecule has 26 heavy (non-hydrogen) atoms. The molecule has 1 amide bonds. The molecule has 0 unspecified atom stereocenters. The number of hydrogen-bond donors (Lipinski definition) is 2. The lowest BCUT2D eigenvalue weighted by molar-refractivity contribution is -0.127. The van der Waals surface area contributed by atoms with E-state index in [1.807, 2.05) is 23.1 Å². The van der Waals surface area contributed by atoms with Crippen LogP contribution in [0, 0.1) is 0 Å². The Morgan fingerprint density at radius 2 is 2.15 bits per heavy atom. The van der Waals surface area contributed by atoms with Crippen molar-refractivity contribution in [3.8, 4) is 0 Å². The molecule has 0 spiro atoms. The van der Waals surface area contributed by atoms with Crippen molar-refractivity contribution in [3.05, 3.63) is 34.9 Å². The van der Waals surface area contributed by atoms with Gasteiger partial charge in [-0.2, -0.15) is 0 Å². The highest BCUT2D eigenvalue weighted by atomic mass is 35.5. The number of benzene rings is 1. The van der Waals surface area contributed by atoms with E-state index in [1.54, 1.807) is 0 Å². The molecular weight excluding hydrogens is 348 g/mol. The van der Waals surface area contributed by atoms with E-state index in [-0.39, 0.29) is 11.3 Å². The largest absolute Gasteiger partial charge is 0.357 e. The Morgan fingerprint density at radius 1 is 1.35 bits per heavy atom. The van der Waals surface area contributed by atoms with Gasteiger partial charge in [-0.15, -0.1) is 0 Å². The fraction of sp³-hybridized carbons (Fsp3) is 0.600. The number of likely N-dealkylation sites (tertiary alicyclic amines) is 1. The minimum Gasteiger partial charge on any atom is -0.357 e. The zero-order valence-corrected chi connectivity index (χ0v) is 16.9. The second-order valence-corrected chi connectivity index (χ2v) is 7.79. The molecule has 0 bridgehead atoms. The van der Waals surface area contributed by atoms with Gasteiger partial charge >= 0.3 is 0 Å². The van der Waals surface area contributed by atoms with Gasteiger partial charge in [0.1, 0.15) is 0 Å². The number of rotatable bonds is 8. The van der Waals surface area contributed by atoms with Crippen molar-refractivity contribution in [2.75, 3.05) is 32.7 Å². The summed E-state index contributed by atoms with van der Waals surface area (Å²) in [6.07, 6.45) is 2.62. The van der Waals surface area contributed by atoms with Crippen LogP contribution in [0.5, 0.6) is 0 Å². The summed E-state index contributed by atoms with van der Waals surface area (Å²) >= 11 is 6.12. The van der Waals surface area contributed by atoms with Gasteiger partial charge in [-0.1, -0.05) is 37.6 Å². The van der Waals surface area contributed by atoms with E-state index in [9.17, 15) is 4.79 Å². The Morgan fingerprint density at radius 3 is 2.81 bits per heavy atom. The summed E-state index contributed by atoms with van der Waals surface area (Å²) in [5.41, 5.74) is 1.08. The summed E-state index contributed by atoms with van der Waals surface area (Å²) < 4.78 is 0. The van der Waals surface area contributed by atoms with Crippen LogP contribution in [0.25, 0.3) is 0 Å². The molecular formula is C20H31ClN4O. The zero-order chi connectivity index (χ0) is 19.0. The topological polar surface area (TPSA) is 56.7 Å². The van der Waals surface area contributed by atoms with Gasteiger partial charge in [-0.25, -0.2) is 0 Å². The Hall–Kier alpha value is -1.75. The lowest BCUT2D eigenvalue weighted by Crippen LogP contribution is -2.40. The lowest BCUT2D eigenvalue weighted by Gasteiger charge is -2.24. The molecule has 0 radical (unpaired) electrons. The van der Waals surface area contributed by atoms with Crippen LogP contribution in [-0.4, -0.2) is 49.5 Å². The molecule has 1 aromatic carbocycles. The second-order valence-electron chi connectivity index (χ2n) is 7.35. The number of guanidine groups is 1. The van der Waals surface area contributed by atoms with Crippen LogP contribution < -0.4 is 10.6 Å². The molecule has 0 atom stereocenters. The van der Waals surface area contributed by atoms with Crippen molar-refractivity contribution in [3.63, 3.8) is 0 Å². The molecule has 1 fully saturated rings. The average Bonchev–Trinajstić information content (AvgIpc) is 3.01. The van der Waals surface area contributed by atoms with Crippen LogP contribution in [0.15, 0.2) is 29.3 Å². The number of halogens is 1. The Balaban J connectivity index is 1.85. The molecule has 0 aromatic heterocycles. The van der Waals surface area contributed by atoms with Crippen LogP contribution in [-0.2, 0) is 10.2 Å². The molecule has 2 rings (SSSR count). The molecule has 0 aliphatic carbocycles. The van der Waals surface area contributed by atoms with E-state index in [1.165, 1.54) is 5.56 Å². The first kappa shape index (κ1) is 20.6. The standard InChI is InChI=1S/C20H31ClN4O/c1-4-22-19(23-11-7-13-25-12-6-10-18(25)26)24-15-20(2,3)16-8-5-9-17(21)14-16/h5,8-9,14H,4,6-7,10-13,15H2,1-3H3,(H2,22,23,24). The number of carbonyl (C=O) groups excluding carboxylic acids is 1. The molecule has 5 nitrogen and oxygen atoms in total. The van der Waals surface area contributed by atoms with Crippen LogP contribution in [0.2, 0.25) is 5.02 Å². The van der Waals surface area contributed by atoms with Gasteiger partial charge in [-0.05, 0) is 37.5 Å². The smallest absolute Gasteiger partial charge is 0.222 e. The molecule has 2 N–H and O–H groups in total. The summed E-state index contributed by atoms with van der Waals surface area (Å²) in [7, 11) is 0.